The Hall–Kier alpha value is -1.07. The summed E-state index contributed by atoms with van der Waals surface area (Å²) in [5.41, 5.74) is 2.16. The average Bonchev–Trinajstić information content (AvgIpc) is 2.37. The normalized spacial score (nSPS) is 15.5. The molecule has 0 unspecified atom stereocenters. The molecule has 1 aromatic carbocycles. The Morgan fingerprint density at radius 3 is 2.88 bits per heavy atom. The maximum Gasteiger partial charge on any atom is 0.242 e. The molecule has 1 heterocycles. The Balaban J connectivity index is 2.41. The average molecular weight is 254 g/mol. The van der Waals surface area contributed by atoms with Crippen LogP contribution in [0.1, 0.15) is 18.9 Å². The molecule has 17 heavy (non-hydrogen) atoms. The monoisotopic (exact) mass is 254 g/mol. The van der Waals surface area contributed by atoms with E-state index in [1.165, 1.54) is 4.31 Å². The highest BCUT2D eigenvalue weighted by Gasteiger charge is 2.21. The predicted molar refractivity (Wildman–Crippen MR) is 68.7 cm³/mol. The smallest absolute Gasteiger partial charge is 0.242 e. The molecule has 1 aromatic rings. The third-order valence-electron chi connectivity index (χ3n) is 3.17. The van der Waals surface area contributed by atoms with E-state index in [-0.39, 0.29) is 0 Å². The molecule has 0 atom stereocenters. The van der Waals surface area contributed by atoms with Gasteiger partial charge in [-0.05, 0) is 36.6 Å². The first-order valence-electron chi connectivity index (χ1n) is 5.89. The van der Waals surface area contributed by atoms with E-state index < -0.39 is 10.0 Å². The van der Waals surface area contributed by atoms with Gasteiger partial charge in [-0.3, -0.25) is 0 Å². The topological polar surface area (TPSA) is 49.4 Å². The van der Waals surface area contributed by atoms with Crippen molar-refractivity contribution in [3.63, 3.8) is 0 Å². The van der Waals surface area contributed by atoms with Crippen LogP contribution in [-0.4, -0.2) is 32.9 Å². The largest absolute Gasteiger partial charge is 0.385 e. The Bertz CT molecular complexity index is 511. The quantitative estimate of drug-likeness (QED) is 0.893. The summed E-state index contributed by atoms with van der Waals surface area (Å²) in [5.74, 6) is 0. The number of hydrogen-bond acceptors (Lipinski definition) is 3. The lowest BCUT2D eigenvalue weighted by Gasteiger charge is -2.20. The second kappa shape index (κ2) is 4.66. The van der Waals surface area contributed by atoms with Crippen molar-refractivity contribution in [2.24, 2.45) is 0 Å². The van der Waals surface area contributed by atoms with Gasteiger partial charge in [0.15, 0.2) is 0 Å². The standard InChI is InChI=1S/C12H18N2O2S/c1-3-14(2)17(15,16)11-6-7-12-10(9-11)5-4-8-13-12/h6-7,9,13H,3-5,8H2,1-2H3. The summed E-state index contributed by atoms with van der Waals surface area (Å²) < 4.78 is 25.7. The van der Waals surface area contributed by atoms with Gasteiger partial charge in [-0.1, -0.05) is 6.92 Å². The van der Waals surface area contributed by atoms with E-state index in [1.54, 1.807) is 19.2 Å². The lowest BCUT2D eigenvalue weighted by molar-refractivity contribution is 0.486. The molecule has 0 spiro atoms. The number of aryl methyl sites for hydroxylation is 1. The van der Waals surface area contributed by atoms with Crippen LogP contribution in [-0.2, 0) is 16.4 Å². The molecule has 0 radical (unpaired) electrons. The van der Waals surface area contributed by atoms with Gasteiger partial charge in [-0.2, -0.15) is 0 Å². The SMILES string of the molecule is CCN(C)S(=O)(=O)c1ccc2c(c1)CCCN2. The summed E-state index contributed by atoms with van der Waals surface area (Å²) >= 11 is 0. The van der Waals surface area contributed by atoms with Crippen molar-refractivity contribution in [1.29, 1.82) is 0 Å². The summed E-state index contributed by atoms with van der Waals surface area (Å²) in [6.07, 6.45) is 2.00. The lowest BCUT2D eigenvalue weighted by Crippen LogP contribution is -2.26. The Kier molecular flexibility index (Phi) is 3.40. The van der Waals surface area contributed by atoms with Crippen molar-refractivity contribution in [3.05, 3.63) is 23.8 Å². The second-order valence-corrected chi connectivity index (χ2v) is 6.31. The van der Waals surface area contributed by atoms with Crippen LogP contribution in [0, 0.1) is 0 Å². The van der Waals surface area contributed by atoms with Crippen molar-refractivity contribution in [2.75, 3.05) is 25.5 Å². The summed E-state index contributed by atoms with van der Waals surface area (Å²) in [6, 6.07) is 5.34. The summed E-state index contributed by atoms with van der Waals surface area (Å²) in [6.45, 7) is 3.28. The molecular weight excluding hydrogens is 236 g/mol. The molecule has 0 bridgehead atoms. The number of benzene rings is 1. The molecule has 4 nitrogen and oxygen atoms in total. The molecule has 1 aliphatic rings. The lowest BCUT2D eigenvalue weighted by atomic mass is 10.0. The molecule has 94 valence electrons. The van der Waals surface area contributed by atoms with Gasteiger partial charge in [0.05, 0.1) is 4.90 Å². The number of hydrogen-bond donors (Lipinski definition) is 1. The first-order chi connectivity index (χ1) is 8.05. The highest BCUT2D eigenvalue weighted by Crippen LogP contribution is 2.26. The minimum atomic E-state index is -3.32. The van der Waals surface area contributed by atoms with E-state index in [0.29, 0.717) is 11.4 Å². The molecule has 0 fully saturated rings. The number of anilines is 1. The zero-order valence-electron chi connectivity index (χ0n) is 10.2. The zero-order chi connectivity index (χ0) is 12.5. The van der Waals surface area contributed by atoms with Gasteiger partial charge in [-0.15, -0.1) is 0 Å². The molecule has 0 saturated heterocycles. The Labute approximate surface area is 103 Å². The zero-order valence-corrected chi connectivity index (χ0v) is 11.0. The second-order valence-electron chi connectivity index (χ2n) is 4.27. The Morgan fingerprint density at radius 1 is 1.41 bits per heavy atom. The van der Waals surface area contributed by atoms with Crippen LogP contribution in [0.15, 0.2) is 23.1 Å². The van der Waals surface area contributed by atoms with Gasteiger partial charge >= 0.3 is 0 Å². The van der Waals surface area contributed by atoms with E-state index in [0.717, 1.165) is 30.6 Å². The van der Waals surface area contributed by atoms with Gasteiger partial charge < -0.3 is 5.32 Å². The van der Waals surface area contributed by atoms with Crippen LogP contribution in [0.25, 0.3) is 0 Å². The molecule has 1 N–H and O–H groups in total. The van der Waals surface area contributed by atoms with Gasteiger partial charge in [0.2, 0.25) is 10.0 Å². The molecule has 0 amide bonds. The van der Waals surface area contributed by atoms with Crippen molar-refractivity contribution in [2.45, 2.75) is 24.7 Å². The highest BCUT2D eigenvalue weighted by atomic mass is 32.2. The van der Waals surface area contributed by atoms with E-state index in [9.17, 15) is 8.42 Å². The van der Waals surface area contributed by atoms with Crippen LogP contribution in [0.2, 0.25) is 0 Å². The van der Waals surface area contributed by atoms with Crippen molar-refractivity contribution < 1.29 is 8.42 Å². The molecule has 2 rings (SSSR count). The Morgan fingerprint density at radius 2 is 2.18 bits per heavy atom. The minimum Gasteiger partial charge on any atom is -0.385 e. The number of nitrogens with zero attached hydrogens (tertiary/aromatic N) is 1. The number of rotatable bonds is 3. The maximum atomic E-state index is 12.2. The van der Waals surface area contributed by atoms with Crippen molar-refractivity contribution in [1.82, 2.24) is 4.31 Å². The maximum absolute atomic E-state index is 12.2. The molecule has 0 saturated carbocycles. The predicted octanol–water partition coefficient (Wildman–Crippen LogP) is 1.69. The summed E-state index contributed by atoms with van der Waals surface area (Å²) in [5, 5.41) is 3.28. The number of nitrogens with one attached hydrogen (secondary N) is 1. The third-order valence-corrected chi connectivity index (χ3v) is 5.10. The van der Waals surface area contributed by atoms with E-state index in [2.05, 4.69) is 5.32 Å². The summed E-state index contributed by atoms with van der Waals surface area (Å²) in [7, 11) is -1.71. The van der Waals surface area contributed by atoms with Gasteiger partial charge in [-0.25, -0.2) is 12.7 Å². The highest BCUT2D eigenvalue weighted by molar-refractivity contribution is 7.89. The van der Waals surface area contributed by atoms with E-state index >= 15 is 0 Å². The van der Waals surface area contributed by atoms with Crippen LogP contribution < -0.4 is 5.32 Å². The molecule has 0 aliphatic carbocycles. The van der Waals surface area contributed by atoms with Crippen LogP contribution in [0.3, 0.4) is 0 Å². The number of fused-ring (bicyclic) bond motifs is 1. The van der Waals surface area contributed by atoms with E-state index in [1.807, 2.05) is 13.0 Å². The van der Waals surface area contributed by atoms with E-state index in [4.69, 9.17) is 0 Å². The van der Waals surface area contributed by atoms with Crippen LogP contribution >= 0.6 is 0 Å². The minimum absolute atomic E-state index is 0.393. The summed E-state index contributed by atoms with van der Waals surface area (Å²) in [4.78, 5) is 0.393. The molecule has 5 heteroatoms. The third kappa shape index (κ3) is 2.30. The fourth-order valence-corrected chi connectivity index (χ4v) is 3.19. The molecule has 1 aliphatic heterocycles. The van der Waals surface area contributed by atoms with Gasteiger partial charge in [0.1, 0.15) is 0 Å². The number of sulfonamides is 1. The van der Waals surface area contributed by atoms with Crippen molar-refractivity contribution in [3.8, 4) is 0 Å². The fourth-order valence-electron chi connectivity index (χ4n) is 1.96. The van der Waals surface area contributed by atoms with Crippen molar-refractivity contribution >= 4 is 15.7 Å². The first-order valence-corrected chi connectivity index (χ1v) is 7.33. The fraction of sp³-hybridized carbons (Fsp3) is 0.500. The van der Waals surface area contributed by atoms with Gasteiger partial charge in [0.25, 0.3) is 0 Å². The van der Waals surface area contributed by atoms with Gasteiger partial charge in [0, 0.05) is 25.8 Å². The molecular formula is C12H18N2O2S. The first kappa shape index (κ1) is 12.4. The van der Waals surface area contributed by atoms with Crippen LogP contribution in [0.5, 0.6) is 0 Å². The molecule has 0 aromatic heterocycles. The van der Waals surface area contributed by atoms with Crippen LogP contribution in [0.4, 0.5) is 5.69 Å².